The Balaban J connectivity index is 1.92. The molecule has 3 aromatic rings. The van der Waals surface area contributed by atoms with Crippen LogP contribution in [0.1, 0.15) is 37.5 Å². The van der Waals surface area contributed by atoms with Crippen LogP contribution in [0.4, 0.5) is 4.39 Å². The predicted octanol–water partition coefficient (Wildman–Crippen LogP) is 5.07. The number of hydrogen-bond donors (Lipinski definition) is 1. The molecular weight excluding hydrogens is 443 g/mol. The average molecular weight is 477 g/mol. The Morgan fingerprint density at radius 1 is 0.943 bits per heavy atom. The number of nitrogens with zero attached hydrogens (tertiary/aromatic N) is 1. The zero-order valence-electron chi connectivity index (χ0n) is 20.8. The summed E-state index contributed by atoms with van der Waals surface area (Å²) >= 11 is 0. The van der Waals surface area contributed by atoms with Crippen LogP contribution < -0.4 is 10.1 Å². The van der Waals surface area contributed by atoms with E-state index >= 15 is 0 Å². The molecule has 5 nitrogen and oxygen atoms in total. The van der Waals surface area contributed by atoms with Crippen LogP contribution in [0.3, 0.4) is 0 Å². The van der Waals surface area contributed by atoms with Gasteiger partial charge in [0.1, 0.15) is 17.6 Å². The molecule has 35 heavy (non-hydrogen) atoms. The second-order valence-corrected chi connectivity index (χ2v) is 9.70. The van der Waals surface area contributed by atoms with Gasteiger partial charge in [0, 0.05) is 18.5 Å². The maximum atomic E-state index is 13.5. The SMILES string of the molecule is Cc1cccc(CN(C(=O)COc2ccc(F)cc2)[C@@H](Cc2ccccc2)C(=O)NC(C)(C)C)c1. The molecule has 0 aliphatic carbocycles. The highest BCUT2D eigenvalue weighted by atomic mass is 19.1. The van der Waals surface area contributed by atoms with Crippen LogP contribution in [-0.2, 0) is 22.6 Å². The summed E-state index contributed by atoms with van der Waals surface area (Å²) < 4.78 is 18.9. The van der Waals surface area contributed by atoms with Gasteiger partial charge in [0.2, 0.25) is 5.91 Å². The molecule has 3 rings (SSSR count). The Kier molecular flexibility index (Phi) is 8.63. The highest BCUT2D eigenvalue weighted by Crippen LogP contribution is 2.18. The predicted molar refractivity (Wildman–Crippen MR) is 135 cm³/mol. The van der Waals surface area contributed by atoms with Crippen molar-refractivity contribution >= 4 is 11.8 Å². The molecule has 2 amide bonds. The van der Waals surface area contributed by atoms with Crippen LogP contribution in [0.2, 0.25) is 0 Å². The Morgan fingerprint density at radius 2 is 1.60 bits per heavy atom. The fraction of sp³-hybridized carbons (Fsp3) is 0.310. The normalized spacial score (nSPS) is 12.0. The van der Waals surface area contributed by atoms with Crippen LogP contribution in [0.15, 0.2) is 78.9 Å². The highest BCUT2D eigenvalue weighted by molar-refractivity contribution is 5.89. The molecule has 0 unspecified atom stereocenters. The van der Waals surface area contributed by atoms with Gasteiger partial charge in [0.15, 0.2) is 6.61 Å². The average Bonchev–Trinajstić information content (AvgIpc) is 2.80. The van der Waals surface area contributed by atoms with Gasteiger partial charge in [-0.2, -0.15) is 0 Å². The molecule has 0 saturated carbocycles. The number of benzene rings is 3. The maximum Gasteiger partial charge on any atom is 0.261 e. The van der Waals surface area contributed by atoms with Crippen molar-refractivity contribution in [3.63, 3.8) is 0 Å². The zero-order valence-corrected chi connectivity index (χ0v) is 20.8. The quantitative estimate of drug-likeness (QED) is 0.469. The third-order valence-corrected chi connectivity index (χ3v) is 5.38. The number of aryl methyl sites for hydroxylation is 1. The van der Waals surface area contributed by atoms with Gasteiger partial charge in [-0.15, -0.1) is 0 Å². The lowest BCUT2D eigenvalue weighted by atomic mass is 10.0. The first kappa shape index (κ1) is 25.9. The second kappa shape index (κ2) is 11.6. The molecule has 6 heteroatoms. The van der Waals surface area contributed by atoms with Crippen molar-refractivity contribution in [2.45, 2.75) is 52.2 Å². The summed E-state index contributed by atoms with van der Waals surface area (Å²) in [4.78, 5) is 28.6. The number of nitrogens with one attached hydrogen (secondary N) is 1. The van der Waals surface area contributed by atoms with Gasteiger partial charge >= 0.3 is 0 Å². The third kappa shape index (κ3) is 8.25. The monoisotopic (exact) mass is 476 g/mol. The second-order valence-electron chi connectivity index (χ2n) is 9.70. The van der Waals surface area contributed by atoms with Crippen molar-refractivity contribution in [2.24, 2.45) is 0 Å². The molecule has 0 heterocycles. The van der Waals surface area contributed by atoms with E-state index in [-0.39, 0.29) is 30.8 Å². The first-order valence-corrected chi connectivity index (χ1v) is 11.7. The van der Waals surface area contributed by atoms with Crippen LogP contribution in [0.25, 0.3) is 0 Å². The molecule has 0 aromatic heterocycles. The largest absolute Gasteiger partial charge is 0.484 e. The molecule has 0 spiro atoms. The fourth-order valence-electron chi connectivity index (χ4n) is 3.77. The van der Waals surface area contributed by atoms with E-state index in [0.717, 1.165) is 16.7 Å². The van der Waals surface area contributed by atoms with E-state index in [1.807, 2.05) is 82.3 Å². The number of ether oxygens (including phenoxy) is 1. The minimum Gasteiger partial charge on any atom is -0.484 e. The Hall–Kier alpha value is -3.67. The van der Waals surface area contributed by atoms with Crippen molar-refractivity contribution in [3.8, 4) is 5.75 Å². The van der Waals surface area contributed by atoms with Gasteiger partial charge < -0.3 is 15.0 Å². The molecule has 0 bridgehead atoms. The molecular formula is C29H33FN2O3. The van der Waals surface area contributed by atoms with Crippen LogP contribution in [0.5, 0.6) is 5.75 Å². The molecule has 0 aliphatic rings. The summed E-state index contributed by atoms with van der Waals surface area (Å²) in [7, 11) is 0. The van der Waals surface area contributed by atoms with Crippen LogP contribution in [-0.4, -0.2) is 34.9 Å². The standard InChI is InChI=1S/C29H33FN2O3/c1-21-9-8-12-23(17-21)19-32(27(33)20-35-25-15-13-24(30)14-16-25)26(28(34)31-29(2,3)4)18-22-10-6-5-7-11-22/h5-17,26H,18-20H2,1-4H3,(H,31,34)/t26-/m0/s1. The summed E-state index contributed by atoms with van der Waals surface area (Å²) in [5.41, 5.74) is 2.47. The van der Waals surface area contributed by atoms with E-state index in [1.54, 1.807) is 4.90 Å². The Labute approximate surface area is 206 Å². The molecule has 0 radical (unpaired) electrons. The number of carbonyl (C=O) groups is 2. The minimum absolute atomic E-state index is 0.232. The zero-order chi connectivity index (χ0) is 25.4. The van der Waals surface area contributed by atoms with Crippen molar-refractivity contribution in [3.05, 3.63) is 101 Å². The molecule has 0 fully saturated rings. The summed E-state index contributed by atoms with van der Waals surface area (Å²) in [5.74, 6) is -0.564. The third-order valence-electron chi connectivity index (χ3n) is 5.38. The molecule has 184 valence electrons. The van der Waals surface area contributed by atoms with E-state index in [9.17, 15) is 14.0 Å². The number of hydrogen-bond acceptors (Lipinski definition) is 3. The smallest absolute Gasteiger partial charge is 0.261 e. The number of amides is 2. The van der Waals surface area contributed by atoms with Crippen LogP contribution >= 0.6 is 0 Å². The van der Waals surface area contributed by atoms with Gasteiger partial charge in [0.25, 0.3) is 5.91 Å². The van der Waals surface area contributed by atoms with E-state index in [4.69, 9.17) is 4.74 Å². The summed E-state index contributed by atoms with van der Waals surface area (Å²) in [6.45, 7) is 7.70. The van der Waals surface area contributed by atoms with Gasteiger partial charge in [-0.05, 0) is 63.1 Å². The van der Waals surface area contributed by atoms with E-state index < -0.39 is 11.6 Å². The summed E-state index contributed by atoms with van der Waals surface area (Å²) in [6.07, 6.45) is 0.358. The Morgan fingerprint density at radius 3 is 2.23 bits per heavy atom. The minimum atomic E-state index is -0.749. The molecule has 3 aromatic carbocycles. The maximum absolute atomic E-state index is 13.5. The highest BCUT2D eigenvalue weighted by Gasteiger charge is 2.32. The van der Waals surface area contributed by atoms with Crippen LogP contribution in [0, 0.1) is 12.7 Å². The summed E-state index contributed by atoms with van der Waals surface area (Å²) in [5, 5.41) is 3.04. The molecule has 1 atom stereocenters. The lowest BCUT2D eigenvalue weighted by molar-refractivity contribution is -0.143. The summed E-state index contributed by atoms with van der Waals surface area (Å²) in [6, 6.07) is 22.3. The fourth-order valence-corrected chi connectivity index (χ4v) is 3.77. The van der Waals surface area contributed by atoms with Crippen molar-refractivity contribution in [1.82, 2.24) is 10.2 Å². The molecule has 0 aliphatic heterocycles. The van der Waals surface area contributed by atoms with E-state index in [0.29, 0.717) is 12.2 Å². The first-order chi connectivity index (χ1) is 16.6. The molecule has 1 N–H and O–H groups in total. The van der Waals surface area contributed by atoms with E-state index in [1.165, 1.54) is 24.3 Å². The van der Waals surface area contributed by atoms with Gasteiger partial charge in [-0.25, -0.2) is 4.39 Å². The number of rotatable bonds is 9. The van der Waals surface area contributed by atoms with Crippen molar-refractivity contribution in [1.29, 1.82) is 0 Å². The van der Waals surface area contributed by atoms with Gasteiger partial charge in [-0.3, -0.25) is 9.59 Å². The van der Waals surface area contributed by atoms with E-state index in [2.05, 4.69) is 5.32 Å². The first-order valence-electron chi connectivity index (χ1n) is 11.7. The number of halogens is 1. The van der Waals surface area contributed by atoms with Crippen molar-refractivity contribution in [2.75, 3.05) is 6.61 Å². The Bertz CT molecular complexity index is 1120. The lowest BCUT2D eigenvalue weighted by Gasteiger charge is -2.33. The van der Waals surface area contributed by atoms with Gasteiger partial charge in [-0.1, -0.05) is 60.2 Å². The topological polar surface area (TPSA) is 58.6 Å². The lowest BCUT2D eigenvalue weighted by Crippen LogP contribution is -2.55. The number of carbonyl (C=O) groups excluding carboxylic acids is 2. The van der Waals surface area contributed by atoms with Crippen molar-refractivity contribution < 1.29 is 18.7 Å². The van der Waals surface area contributed by atoms with Gasteiger partial charge in [0.05, 0.1) is 0 Å². The molecule has 0 saturated heterocycles.